The predicted octanol–water partition coefficient (Wildman–Crippen LogP) is 3.18. The highest BCUT2D eigenvalue weighted by atomic mass is 16.6. The zero-order valence-electron chi connectivity index (χ0n) is 29.9. The van der Waals surface area contributed by atoms with Gasteiger partial charge < -0.3 is 40.2 Å². The monoisotopic (exact) mass is 703 g/mol. The number of carbonyl (C=O) groups excluding carboxylic acids is 5. The van der Waals surface area contributed by atoms with Crippen molar-refractivity contribution in [3.8, 4) is 0 Å². The fourth-order valence-electron chi connectivity index (χ4n) is 5.41. The summed E-state index contributed by atoms with van der Waals surface area (Å²) in [6.45, 7) is 8.97. The third kappa shape index (κ3) is 12.2. The number of alkyl carbamates (subject to hydrolysis) is 1. The Kier molecular flexibility index (Phi) is 13.3. The molecule has 1 aliphatic heterocycles. The third-order valence-corrected chi connectivity index (χ3v) is 8.03. The van der Waals surface area contributed by atoms with Gasteiger partial charge in [-0.15, -0.1) is 0 Å². The molecular formula is C37H49N7O7. The number of carbonyl (C=O) groups is 5. The summed E-state index contributed by atoms with van der Waals surface area (Å²) in [7, 11) is 0. The molecule has 2 aromatic carbocycles. The highest BCUT2D eigenvalue weighted by molar-refractivity contribution is 5.98. The molecule has 5 amide bonds. The molecule has 1 aliphatic rings. The van der Waals surface area contributed by atoms with Gasteiger partial charge in [0.2, 0.25) is 17.7 Å². The lowest BCUT2D eigenvalue weighted by Gasteiger charge is -2.29. The SMILES string of the molecule is CC(C)(C)OC(=O)NC(C)(C)C(=O)N[C@H](COCc1ccccc1)C(=O)Nc1cn(CC(=O)N2CCC[C@H]2C(=O)NCCc2ccccc2)cn1. The minimum Gasteiger partial charge on any atom is -0.444 e. The van der Waals surface area contributed by atoms with E-state index >= 15 is 0 Å². The van der Waals surface area contributed by atoms with Crippen LogP contribution in [0.15, 0.2) is 73.2 Å². The van der Waals surface area contributed by atoms with E-state index in [1.165, 1.54) is 30.9 Å². The van der Waals surface area contributed by atoms with Crippen molar-refractivity contribution < 1.29 is 33.4 Å². The van der Waals surface area contributed by atoms with Gasteiger partial charge in [-0.2, -0.15) is 0 Å². The average molecular weight is 704 g/mol. The zero-order valence-corrected chi connectivity index (χ0v) is 29.9. The summed E-state index contributed by atoms with van der Waals surface area (Å²) in [4.78, 5) is 71.2. The Morgan fingerprint density at radius 1 is 0.941 bits per heavy atom. The van der Waals surface area contributed by atoms with Crippen LogP contribution in [0.4, 0.5) is 10.6 Å². The van der Waals surface area contributed by atoms with Crippen LogP contribution in [0.2, 0.25) is 0 Å². The Hall–Kier alpha value is -5.24. The van der Waals surface area contributed by atoms with Crippen molar-refractivity contribution in [3.05, 3.63) is 84.3 Å². The summed E-state index contributed by atoms with van der Waals surface area (Å²) >= 11 is 0. The molecule has 2 atom stereocenters. The third-order valence-electron chi connectivity index (χ3n) is 8.03. The van der Waals surface area contributed by atoms with Gasteiger partial charge in [-0.25, -0.2) is 9.78 Å². The maximum atomic E-state index is 13.5. The lowest BCUT2D eigenvalue weighted by Crippen LogP contribution is -2.59. The van der Waals surface area contributed by atoms with Crippen LogP contribution in [0.1, 0.15) is 58.6 Å². The van der Waals surface area contributed by atoms with Gasteiger partial charge in [-0.3, -0.25) is 19.2 Å². The molecule has 0 saturated carbocycles. The molecule has 51 heavy (non-hydrogen) atoms. The van der Waals surface area contributed by atoms with E-state index in [4.69, 9.17) is 9.47 Å². The molecule has 0 unspecified atom stereocenters. The van der Waals surface area contributed by atoms with Crippen LogP contribution in [-0.4, -0.2) is 87.1 Å². The Bertz CT molecular complexity index is 1640. The summed E-state index contributed by atoms with van der Waals surface area (Å²) < 4.78 is 12.6. The van der Waals surface area contributed by atoms with Gasteiger partial charge in [0.25, 0.3) is 5.91 Å². The first-order valence-electron chi connectivity index (χ1n) is 17.1. The summed E-state index contributed by atoms with van der Waals surface area (Å²) in [5.41, 5.74) is -0.212. The first-order chi connectivity index (χ1) is 24.2. The molecule has 14 nitrogen and oxygen atoms in total. The van der Waals surface area contributed by atoms with Gasteiger partial charge in [0.1, 0.15) is 29.8 Å². The van der Waals surface area contributed by atoms with Crippen molar-refractivity contribution >= 4 is 35.5 Å². The van der Waals surface area contributed by atoms with Crippen LogP contribution in [-0.2, 0) is 48.2 Å². The molecular weight excluding hydrogens is 654 g/mol. The maximum absolute atomic E-state index is 13.5. The Morgan fingerprint density at radius 2 is 1.61 bits per heavy atom. The number of imidazole rings is 1. The molecule has 3 aromatic rings. The Labute approximate surface area is 298 Å². The summed E-state index contributed by atoms with van der Waals surface area (Å²) in [5.74, 6) is -1.53. The number of anilines is 1. The number of likely N-dealkylation sites (tertiary alicyclic amines) is 1. The highest BCUT2D eigenvalue weighted by Gasteiger charge is 2.36. The number of amides is 5. The van der Waals surface area contributed by atoms with Crippen molar-refractivity contribution in [2.24, 2.45) is 0 Å². The van der Waals surface area contributed by atoms with Crippen LogP contribution in [0.3, 0.4) is 0 Å². The van der Waals surface area contributed by atoms with Crippen molar-refractivity contribution in [2.45, 2.75) is 90.3 Å². The summed E-state index contributed by atoms with van der Waals surface area (Å²) in [5, 5.41) is 10.8. The number of nitrogens with one attached hydrogen (secondary N) is 4. The van der Waals surface area contributed by atoms with Crippen molar-refractivity contribution in [1.29, 1.82) is 0 Å². The molecule has 0 spiro atoms. The molecule has 4 rings (SSSR count). The van der Waals surface area contributed by atoms with Crippen LogP contribution in [0.5, 0.6) is 0 Å². The largest absolute Gasteiger partial charge is 0.444 e. The first kappa shape index (κ1) is 38.6. The predicted molar refractivity (Wildman–Crippen MR) is 190 cm³/mol. The van der Waals surface area contributed by atoms with E-state index in [1.807, 2.05) is 60.7 Å². The second kappa shape index (κ2) is 17.6. The van der Waals surface area contributed by atoms with Gasteiger partial charge in [0, 0.05) is 19.3 Å². The lowest BCUT2D eigenvalue weighted by molar-refractivity contribution is -0.138. The lowest BCUT2D eigenvalue weighted by atomic mass is 10.0. The van der Waals surface area contributed by atoms with E-state index in [0.717, 1.165) is 17.5 Å². The molecule has 4 N–H and O–H groups in total. The van der Waals surface area contributed by atoms with Crippen molar-refractivity contribution in [2.75, 3.05) is 25.0 Å². The number of hydrogen-bond donors (Lipinski definition) is 4. The number of ether oxygens (including phenoxy) is 2. The standard InChI is InChI=1S/C37H49N7O7/c1-36(2,3)51-35(49)42-37(4,5)34(48)40-28(24-50-23-27-15-10-7-11-16-27)32(46)41-30-21-43(25-39-30)22-31(45)44-20-12-17-29(44)33(47)38-19-18-26-13-8-6-9-14-26/h6-11,13-16,21,25,28-29H,12,17-20,22-24H2,1-5H3,(H,38,47)(H,40,48)(H,41,46)(H,42,49)/t28-,29+/m1/s1. The van der Waals surface area contributed by atoms with Crippen LogP contribution in [0.25, 0.3) is 0 Å². The number of nitrogens with zero attached hydrogens (tertiary/aromatic N) is 3. The molecule has 274 valence electrons. The first-order valence-corrected chi connectivity index (χ1v) is 17.1. The number of rotatable bonds is 15. The molecule has 14 heteroatoms. The molecule has 0 radical (unpaired) electrons. The van der Waals surface area contributed by atoms with Gasteiger partial charge in [0.05, 0.1) is 19.5 Å². The van der Waals surface area contributed by atoms with E-state index in [9.17, 15) is 24.0 Å². The van der Waals surface area contributed by atoms with Crippen LogP contribution < -0.4 is 21.3 Å². The smallest absolute Gasteiger partial charge is 0.408 e. The Balaban J connectivity index is 1.34. The molecule has 2 heterocycles. The molecule has 0 aliphatic carbocycles. The van der Waals surface area contributed by atoms with E-state index in [-0.39, 0.29) is 37.4 Å². The Morgan fingerprint density at radius 3 is 2.27 bits per heavy atom. The van der Waals surface area contributed by atoms with E-state index in [0.29, 0.717) is 25.9 Å². The van der Waals surface area contributed by atoms with Gasteiger partial charge >= 0.3 is 6.09 Å². The second-order valence-corrected chi connectivity index (χ2v) is 14.0. The van der Waals surface area contributed by atoms with Gasteiger partial charge in [0.15, 0.2) is 5.82 Å². The van der Waals surface area contributed by atoms with Gasteiger partial charge in [-0.05, 0) is 65.0 Å². The fourth-order valence-corrected chi connectivity index (χ4v) is 5.41. The molecule has 0 bridgehead atoms. The van der Waals surface area contributed by atoms with Crippen LogP contribution in [0, 0.1) is 0 Å². The summed E-state index contributed by atoms with van der Waals surface area (Å²) in [6, 6.07) is 17.5. The minimum absolute atomic E-state index is 0.0818. The normalized spacial score (nSPS) is 15.1. The van der Waals surface area contributed by atoms with Crippen LogP contribution >= 0.6 is 0 Å². The second-order valence-electron chi connectivity index (χ2n) is 14.0. The average Bonchev–Trinajstić information content (AvgIpc) is 3.74. The molecule has 1 fully saturated rings. The quantitative estimate of drug-likeness (QED) is 0.187. The number of hydrogen-bond acceptors (Lipinski definition) is 8. The van der Waals surface area contributed by atoms with E-state index < -0.39 is 41.1 Å². The zero-order chi connectivity index (χ0) is 37.0. The van der Waals surface area contributed by atoms with Gasteiger partial charge in [-0.1, -0.05) is 60.7 Å². The van der Waals surface area contributed by atoms with Crippen molar-refractivity contribution in [3.63, 3.8) is 0 Å². The topological polar surface area (TPSA) is 173 Å². The van der Waals surface area contributed by atoms with E-state index in [2.05, 4.69) is 26.3 Å². The highest BCUT2D eigenvalue weighted by Crippen LogP contribution is 2.19. The van der Waals surface area contributed by atoms with Crippen molar-refractivity contribution in [1.82, 2.24) is 30.4 Å². The number of benzene rings is 2. The maximum Gasteiger partial charge on any atom is 0.408 e. The molecule has 1 aromatic heterocycles. The summed E-state index contributed by atoms with van der Waals surface area (Å²) in [6.07, 6.45) is 4.12. The molecule has 1 saturated heterocycles. The van der Waals surface area contributed by atoms with E-state index in [1.54, 1.807) is 25.7 Å². The fraction of sp³-hybridized carbons (Fsp3) is 0.459. The number of aromatic nitrogens is 2. The minimum atomic E-state index is -1.44.